The number of aliphatic carboxylic acids is 1. The second kappa shape index (κ2) is 59.8. The lowest BCUT2D eigenvalue weighted by molar-refractivity contribution is -0.870. The van der Waals surface area contributed by atoms with Crippen molar-refractivity contribution in [2.75, 3.05) is 47.5 Å². The predicted octanol–water partition coefficient (Wildman–Crippen LogP) is 19.2. The van der Waals surface area contributed by atoms with E-state index in [2.05, 4.69) is 135 Å². The summed E-state index contributed by atoms with van der Waals surface area (Å²) in [5.41, 5.74) is 0. The van der Waals surface area contributed by atoms with Gasteiger partial charge in [-0.3, -0.25) is 9.59 Å². The van der Waals surface area contributed by atoms with Gasteiger partial charge >= 0.3 is 17.9 Å². The average molecular weight is 1100 g/mol. The molecule has 0 aromatic heterocycles. The zero-order chi connectivity index (χ0) is 57.6. The first-order chi connectivity index (χ1) is 38.6. The van der Waals surface area contributed by atoms with Gasteiger partial charge in [-0.15, -0.1) is 0 Å². The van der Waals surface area contributed by atoms with Gasteiger partial charge in [0.25, 0.3) is 6.29 Å². The van der Waals surface area contributed by atoms with Crippen LogP contribution in [0.1, 0.15) is 245 Å². The van der Waals surface area contributed by atoms with Gasteiger partial charge in [0, 0.05) is 12.8 Å². The molecular formula is C70H118NO8+. The minimum atomic E-state index is -1.53. The maximum Gasteiger partial charge on any atom is 0.361 e. The lowest BCUT2D eigenvalue weighted by Gasteiger charge is -2.25. The number of allylic oxidation sites excluding steroid dienone is 20. The highest BCUT2D eigenvalue weighted by Crippen LogP contribution is 2.15. The van der Waals surface area contributed by atoms with Crippen LogP contribution in [-0.4, -0.2) is 87.4 Å². The van der Waals surface area contributed by atoms with Gasteiger partial charge in [0.2, 0.25) is 0 Å². The Morgan fingerprint density at radius 3 is 1.13 bits per heavy atom. The second-order valence-electron chi connectivity index (χ2n) is 22.0. The van der Waals surface area contributed by atoms with Crippen LogP contribution in [0.5, 0.6) is 0 Å². The molecule has 9 nitrogen and oxygen atoms in total. The summed E-state index contributed by atoms with van der Waals surface area (Å²) >= 11 is 0. The number of hydrogen-bond acceptors (Lipinski definition) is 7. The van der Waals surface area contributed by atoms with E-state index >= 15 is 0 Å². The molecule has 0 fully saturated rings. The lowest BCUT2D eigenvalue weighted by atomic mass is 10.0. The van der Waals surface area contributed by atoms with E-state index in [-0.39, 0.29) is 38.6 Å². The topological polar surface area (TPSA) is 108 Å². The van der Waals surface area contributed by atoms with Crippen molar-refractivity contribution in [3.8, 4) is 0 Å². The van der Waals surface area contributed by atoms with Gasteiger partial charge in [-0.2, -0.15) is 0 Å². The summed E-state index contributed by atoms with van der Waals surface area (Å²) in [6.45, 7) is 4.70. The fourth-order valence-electron chi connectivity index (χ4n) is 8.36. The Morgan fingerprint density at radius 2 is 0.734 bits per heavy atom. The van der Waals surface area contributed by atoms with Crippen LogP contribution in [0.4, 0.5) is 0 Å². The van der Waals surface area contributed by atoms with Crippen LogP contribution in [0.3, 0.4) is 0 Å². The molecule has 0 aromatic carbocycles. The van der Waals surface area contributed by atoms with Crippen LogP contribution in [0.25, 0.3) is 0 Å². The normalized spacial score (nSPS) is 13.6. The molecule has 79 heavy (non-hydrogen) atoms. The Morgan fingerprint density at radius 1 is 0.392 bits per heavy atom. The zero-order valence-electron chi connectivity index (χ0n) is 51.2. The molecule has 0 saturated carbocycles. The van der Waals surface area contributed by atoms with Crippen LogP contribution in [0, 0.1) is 0 Å². The molecule has 0 aliphatic rings. The van der Waals surface area contributed by atoms with E-state index in [1.165, 1.54) is 128 Å². The van der Waals surface area contributed by atoms with E-state index in [1.807, 2.05) is 21.1 Å². The SMILES string of the molecule is CC/C=C\C/C=C\C/C=C\C/C=C\C/C=C\C/C=C\C/C=C\C/C=C\C/C=C\CCCC(=O)OC(COC(=O)CCCCCCCCCCCCCCC/C=C\CCCCCCCCCC)COC(OCC[N+](C)(C)C)C(=O)O. The molecule has 0 rings (SSSR count). The van der Waals surface area contributed by atoms with Crippen molar-refractivity contribution in [2.45, 2.75) is 257 Å². The lowest BCUT2D eigenvalue weighted by Crippen LogP contribution is -2.40. The molecule has 0 radical (unpaired) electrons. The summed E-state index contributed by atoms with van der Waals surface area (Å²) in [6, 6.07) is 0. The second-order valence-corrected chi connectivity index (χ2v) is 22.0. The smallest absolute Gasteiger partial charge is 0.361 e. The molecule has 0 aliphatic carbocycles. The van der Waals surface area contributed by atoms with Gasteiger partial charge < -0.3 is 28.5 Å². The quantitative estimate of drug-likeness (QED) is 0.0211. The Kier molecular flexibility index (Phi) is 56.5. The van der Waals surface area contributed by atoms with Crippen LogP contribution in [0.15, 0.2) is 122 Å². The van der Waals surface area contributed by atoms with Gasteiger partial charge in [0.15, 0.2) is 6.10 Å². The number of ether oxygens (including phenoxy) is 4. The first-order valence-electron chi connectivity index (χ1n) is 31.7. The van der Waals surface area contributed by atoms with Crippen LogP contribution in [-0.2, 0) is 33.3 Å². The van der Waals surface area contributed by atoms with Crippen molar-refractivity contribution in [1.82, 2.24) is 0 Å². The highest BCUT2D eigenvalue weighted by Gasteiger charge is 2.25. The standard InChI is InChI=1S/C70H117NO8/c1-6-8-10-12-14-16-18-20-22-24-26-28-30-32-33-34-35-37-39-41-43-45-47-49-51-53-55-57-59-61-68(73)79-66(65-78-70(69(74)75)76-63-62-71(3,4)5)64-77-67(72)60-58-56-54-52-50-48-46-44-42-40-38-36-31-29-27-25-23-21-19-17-15-13-11-9-7-2/h8,10,14,16,20,22,25-28,32-33,35,37,41,43,47,49,53,55,66,70H,6-7,9,11-13,15,17-19,21,23-24,29-31,34,36,38-40,42,44-46,48,50-52,54,56-65H2,1-5H3/p+1/b10-8-,16-14-,22-20-,27-25-,28-26-,33-32-,37-35-,43-41-,49-47-,55-53-. The molecule has 0 aliphatic heterocycles. The molecule has 0 saturated heterocycles. The first-order valence-corrected chi connectivity index (χ1v) is 31.7. The van der Waals surface area contributed by atoms with E-state index in [9.17, 15) is 19.5 Å². The average Bonchev–Trinajstić information content (AvgIpc) is 3.42. The highest BCUT2D eigenvalue weighted by molar-refractivity contribution is 5.71. The Bertz CT molecular complexity index is 1710. The van der Waals surface area contributed by atoms with E-state index < -0.39 is 24.3 Å². The third-order valence-corrected chi connectivity index (χ3v) is 13.2. The van der Waals surface area contributed by atoms with Crippen molar-refractivity contribution < 1.29 is 42.9 Å². The van der Waals surface area contributed by atoms with Crippen molar-refractivity contribution in [1.29, 1.82) is 0 Å². The molecule has 2 atom stereocenters. The summed E-state index contributed by atoms with van der Waals surface area (Å²) in [5, 5.41) is 9.72. The predicted molar refractivity (Wildman–Crippen MR) is 336 cm³/mol. The number of esters is 2. The number of carbonyl (C=O) groups is 3. The number of rotatable bonds is 57. The van der Waals surface area contributed by atoms with Crippen LogP contribution < -0.4 is 0 Å². The maximum absolute atomic E-state index is 12.9. The largest absolute Gasteiger partial charge is 0.477 e. The number of hydrogen-bond donors (Lipinski definition) is 1. The van der Waals surface area contributed by atoms with E-state index in [0.29, 0.717) is 23.9 Å². The van der Waals surface area contributed by atoms with E-state index in [0.717, 1.165) is 77.0 Å². The summed E-state index contributed by atoms with van der Waals surface area (Å²) in [5.74, 6) is -2.09. The number of carboxylic acids is 1. The highest BCUT2D eigenvalue weighted by atomic mass is 16.7. The minimum Gasteiger partial charge on any atom is -0.477 e. The molecule has 0 heterocycles. The van der Waals surface area contributed by atoms with Crippen molar-refractivity contribution in [3.63, 3.8) is 0 Å². The molecule has 1 N–H and O–H groups in total. The van der Waals surface area contributed by atoms with Crippen LogP contribution in [0.2, 0.25) is 0 Å². The molecular weight excluding hydrogens is 983 g/mol. The molecule has 9 heteroatoms. The number of likely N-dealkylation sites (N-methyl/N-ethyl adjacent to an activating group) is 1. The molecule has 0 aromatic rings. The van der Waals surface area contributed by atoms with Gasteiger partial charge in [-0.25, -0.2) is 4.79 Å². The summed E-state index contributed by atoms with van der Waals surface area (Å²) < 4.78 is 22.8. The third kappa shape index (κ3) is 61.2. The van der Waals surface area contributed by atoms with Crippen molar-refractivity contribution in [3.05, 3.63) is 122 Å². The van der Waals surface area contributed by atoms with Gasteiger partial charge in [0.05, 0.1) is 34.4 Å². The van der Waals surface area contributed by atoms with Crippen LogP contribution >= 0.6 is 0 Å². The number of quaternary nitrogens is 1. The number of carboxylic acid groups (broad SMARTS) is 1. The van der Waals surface area contributed by atoms with Gasteiger partial charge in [-0.1, -0.05) is 251 Å². The fraction of sp³-hybridized carbons (Fsp3) is 0.671. The van der Waals surface area contributed by atoms with Gasteiger partial charge in [0.1, 0.15) is 13.2 Å². The molecule has 2 unspecified atom stereocenters. The maximum atomic E-state index is 12.9. The summed E-state index contributed by atoms with van der Waals surface area (Å²) in [6.07, 6.45) is 81.6. The monoisotopic (exact) mass is 1100 g/mol. The van der Waals surface area contributed by atoms with Gasteiger partial charge in [-0.05, 0) is 103 Å². The van der Waals surface area contributed by atoms with Crippen molar-refractivity contribution >= 4 is 17.9 Å². The first kappa shape index (κ1) is 74.7. The summed E-state index contributed by atoms with van der Waals surface area (Å²) in [7, 11) is 5.95. The Balaban J connectivity index is 4.33. The molecule has 0 bridgehead atoms. The number of carbonyl (C=O) groups excluding carboxylic acids is 2. The Labute approximate surface area is 485 Å². The third-order valence-electron chi connectivity index (χ3n) is 13.2. The van der Waals surface area contributed by atoms with Crippen molar-refractivity contribution in [2.24, 2.45) is 0 Å². The van der Waals surface area contributed by atoms with E-state index in [1.54, 1.807) is 0 Å². The molecule has 450 valence electrons. The van der Waals surface area contributed by atoms with E-state index in [4.69, 9.17) is 18.9 Å². The fourth-order valence-corrected chi connectivity index (χ4v) is 8.36. The number of nitrogens with zero attached hydrogens (tertiary/aromatic N) is 1. The zero-order valence-corrected chi connectivity index (χ0v) is 51.2. The Hall–Kier alpha value is -4.31. The molecule has 0 amide bonds. The number of unbranched alkanes of at least 4 members (excludes halogenated alkanes) is 22. The summed E-state index contributed by atoms with van der Waals surface area (Å²) in [4.78, 5) is 37.5. The molecule has 0 spiro atoms. The minimum absolute atomic E-state index is 0.171.